The van der Waals surface area contributed by atoms with Crippen LogP contribution in [0.15, 0.2) is 18.2 Å². The highest BCUT2D eigenvalue weighted by molar-refractivity contribution is 5.90. The number of anilines is 2. The van der Waals surface area contributed by atoms with Crippen molar-refractivity contribution in [2.45, 2.75) is 32.2 Å². The van der Waals surface area contributed by atoms with E-state index in [1.807, 2.05) is 6.07 Å². The first-order valence-electron chi connectivity index (χ1n) is 5.99. The van der Waals surface area contributed by atoms with Crippen LogP contribution in [0.1, 0.15) is 36.5 Å². The molecule has 0 amide bonds. The van der Waals surface area contributed by atoms with Crippen LogP contribution in [0.2, 0.25) is 0 Å². The van der Waals surface area contributed by atoms with E-state index < -0.39 is 5.97 Å². The van der Waals surface area contributed by atoms with Crippen molar-refractivity contribution < 1.29 is 9.90 Å². The van der Waals surface area contributed by atoms with Gasteiger partial charge in [-0.1, -0.05) is 0 Å². The molecule has 1 aliphatic heterocycles. The van der Waals surface area contributed by atoms with Crippen LogP contribution in [0.4, 0.5) is 11.4 Å². The Kier molecular flexibility index (Phi) is 3.22. The van der Waals surface area contributed by atoms with Gasteiger partial charge in [-0.3, -0.25) is 0 Å². The van der Waals surface area contributed by atoms with Gasteiger partial charge in [-0.05, 0) is 44.4 Å². The van der Waals surface area contributed by atoms with E-state index in [-0.39, 0.29) is 5.56 Å². The predicted octanol–water partition coefficient (Wildman–Crippen LogP) is 2.35. The molecule has 1 saturated heterocycles. The quantitative estimate of drug-likeness (QED) is 0.771. The van der Waals surface area contributed by atoms with Crippen molar-refractivity contribution in [1.82, 2.24) is 0 Å². The molecule has 2 rings (SSSR count). The maximum atomic E-state index is 10.8. The van der Waals surface area contributed by atoms with Gasteiger partial charge in [0.2, 0.25) is 0 Å². The molecule has 17 heavy (non-hydrogen) atoms. The van der Waals surface area contributed by atoms with Crippen molar-refractivity contribution in [2.75, 3.05) is 17.2 Å². The Morgan fingerprint density at radius 2 is 2.24 bits per heavy atom. The van der Waals surface area contributed by atoms with Gasteiger partial charge >= 0.3 is 5.97 Å². The normalized spacial score (nSPS) is 20.3. The minimum absolute atomic E-state index is 0.246. The Morgan fingerprint density at radius 3 is 2.82 bits per heavy atom. The standard InChI is InChI=1S/C13H18N2O2/c1-9-4-2-3-7-15(9)12-6-5-10(13(16)17)8-11(12)14/h5-6,8-9H,2-4,7,14H2,1H3,(H,16,17)/t9-/m1/s1. The van der Waals surface area contributed by atoms with Crippen LogP contribution in [-0.4, -0.2) is 23.7 Å². The molecule has 1 aromatic rings. The lowest BCUT2D eigenvalue weighted by molar-refractivity contribution is 0.0697. The lowest BCUT2D eigenvalue weighted by atomic mass is 10.0. The zero-order chi connectivity index (χ0) is 12.4. The van der Waals surface area contributed by atoms with Gasteiger partial charge in [0.25, 0.3) is 0 Å². The highest BCUT2D eigenvalue weighted by Crippen LogP contribution is 2.30. The molecular formula is C13H18N2O2. The summed E-state index contributed by atoms with van der Waals surface area (Å²) in [4.78, 5) is 13.1. The maximum Gasteiger partial charge on any atom is 0.335 e. The molecule has 92 valence electrons. The topological polar surface area (TPSA) is 66.6 Å². The number of hydrogen-bond donors (Lipinski definition) is 2. The van der Waals surface area contributed by atoms with Crippen LogP contribution in [0.25, 0.3) is 0 Å². The molecule has 0 saturated carbocycles. The van der Waals surface area contributed by atoms with Crippen LogP contribution in [0, 0.1) is 0 Å². The third kappa shape index (κ3) is 2.35. The van der Waals surface area contributed by atoms with Crippen molar-refractivity contribution in [1.29, 1.82) is 0 Å². The molecule has 0 aliphatic carbocycles. The summed E-state index contributed by atoms with van der Waals surface area (Å²) in [5.41, 5.74) is 7.71. The predicted molar refractivity (Wildman–Crippen MR) is 68.5 cm³/mol. The van der Waals surface area contributed by atoms with E-state index in [9.17, 15) is 4.79 Å². The first kappa shape index (κ1) is 11.8. The van der Waals surface area contributed by atoms with Crippen molar-refractivity contribution >= 4 is 17.3 Å². The lowest BCUT2D eigenvalue weighted by Crippen LogP contribution is -2.37. The molecule has 1 fully saturated rings. The molecule has 4 nitrogen and oxygen atoms in total. The number of piperidine rings is 1. The summed E-state index contributed by atoms with van der Waals surface area (Å²) in [5, 5.41) is 8.89. The van der Waals surface area contributed by atoms with E-state index in [1.165, 1.54) is 19.3 Å². The Balaban J connectivity index is 2.29. The summed E-state index contributed by atoms with van der Waals surface area (Å²) in [6.45, 7) is 3.18. The largest absolute Gasteiger partial charge is 0.478 e. The number of rotatable bonds is 2. The smallest absolute Gasteiger partial charge is 0.335 e. The second-order valence-electron chi connectivity index (χ2n) is 4.62. The third-order valence-electron chi connectivity index (χ3n) is 3.39. The van der Waals surface area contributed by atoms with Gasteiger partial charge in [0, 0.05) is 12.6 Å². The maximum absolute atomic E-state index is 10.8. The first-order valence-corrected chi connectivity index (χ1v) is 5.99. The third-order valence-corrected chi connectivity index (χ3v) is 3.39. The van der Waals surface area contributed by atoms with Gasteiger partial charge in [0.15, 0.2) is 0 Å². The number of carbonyl (C=O) groups is 1. The number of nitrogen functional groups attached to an aromatic ring is 1. The molecule has 1 aromatic carbocycles. The van der Waals surface area contributed by atoms with Crippen LogP contribution in [0.5, 0.6) is 0 Å². The van der Waals surface area contributed by atoms with E-state index in [4.69, 9.17) is 10.8 Å². The Morgan fingerprint density at radius 1 is 1.47 bits per heavy atom. The van der Waals surface area contributed by atoms with Gasteiger partial charge in [0.1, 0.15) is 0 Å². The summed E-state index contributed by atoms with van der Waals surface area (Å²) in [6.07, 6.45) is 3.59. The summed E-state index contributed by atoms with van der Waals surface area (Å²) in [7, 11) is 0. The van der Waals surface area contributed by atoms with Crippen LogP contribution >= 0.6 is 0 Å². The summed E-state index contributed by atoms with van der Waals surface area (Å²) in [5.74, 6) is -0.935. The zero-order valence-corrected chi connectivity index (χ0v) is 10.0. The lowest BCUT2D eigenvalue weighted by Gasteiger charge is -2.36. The molecule has 0 bridgehead atoms. The van der Waals surface area contributed by atoms with Gasteiger partial charge < -0.3 is 15.7 Å². The monoisotopic (exact) mass is 234 g/mol. The van der Waals surface area contributed by atoms with Crippen LogP contribution in [0.3, 0.4) is 0 Å². The number of nitrogens with two attached hydrogens (primary N) is 1. The number of nitrogens with zero attached hydrogens (tertiary/aromatic N) is 1. The number of benzene rings is 1. The van der Waals surface area contributed by atoms with Crippen molar-refractivity contribution in [2.24, 2.45) is 0 Å². The molecule has 4 heteroatoms. The average molecular weight is 234 g/mol. The fourth-order valence-corrected chi connectivity index (χ4v) is 2.41. The number of aromatic carboxylic acids is 1. The molecule has 3 N–H and O–H groups in total. The molecule has 1 heterocycles. The highest BCUT2D eigenvalue weighted by atomic mass is 16.4. The molecule has 0 radical (unpaired) electrons. The summed E-state index contributed by atoms with van der Waals surface area (Å²) >= 11 is 0. The zero-order valence-electron chi connectivity index (χ0n) is 10.0. The van der Waals surface area contributed by atoms with E-state index >= 15 is 0 Å². The summed E-state index contributed by atoms with van der Waals surface area (Å²) in [6, 6.07) is 5.45. The summed E-state index contributed by atoms with van der Waals surface area (Å²) < 4.78 is 0. The van der Waals surface area contributed by atoms with E-state index in [0.717, 1.165) is 12.2 Å². The van der Waals surface area contributed by atoms with E-state index in [1.54, 1.807) is 12.1 Å². The minimum Gasteiger partial charge on any atom is -0.478 e. The van der Waals surface area contributed by atoms with Gasteiger partial charge in [-0.15, -0.1) is 0 Å². The Labute approximate surface area is 101 Å². The molecule has 0 spiro atoms. The van der Waals surface area contributed by atoms with Gasteiger partial charge in [0.05, 0.1) is 16.9 Å². The molecule has 1 atom stereocenters. The number of carboxylic acid groups (broad SMARTS) is 1. The fourth-order valence-electron chi connectivity index (χ4n) is 2.41. The van der Waals surface area contributed by atoms with E-state index in [2.05, 4.69) is 11.8 Å². The van der Waals surface area contributed by atoms with Gasteiger partial charge in [-0.2, -0.15) is 0 Å². The Bertz CT molecular complexity index is 431. The highest BCUT2D eigenvalue weighted by Gasteiger charge is 2.20. The number of carboxylic acids is 1. The molecule has 0 unspecified atom stereocenters. The van der Waals surface area contributed by atoms with Crippen LogP contribution < -0.4 is 10.6 Å². The van der Waals surface area contributed by atoms with Crippen molar-refractivity contribution in [3.05, 3.63) is 23.8 Å². The fraction of sp³-hybridized carbons (Fsp3) is 0.462. The van der Waals surface area contributed by atoms with Crippen molar-refractivity contribution in [3.63, 3.8) is 0 Å². The molecule has 1 aliphatic rings. The SMILES string of the molecule is C[C@@H]1CCCCN1c1ccc(C(=O)O)cc1N. The second kappa shape index (κ2) is 4.65. The molecular weight excluding hydrogens is 216 g/mol. The second-order valence-corrected chi connectivity index (χ2v) is 4.62. The number of hydrogen-bond acceptors (Lipinski definition) is 3. The minimum atomic E-state index is -0.935. The Hall–Kier alpha value is -1.71. The van der Waals surface area contributed by atoms with Crippen LogP contribution in [-0.2, 0) is 0 Å². The first-order chi connectivity index (χ1) is 8.09. The average Bonchev–Trinajstić information content (AvgIpc) is 2.30. The molecule has 0 aromatic heterocycles. The van der Waals surface area contributed by atoms with Gasteiger partial charge in [-0.25, -0.2) is 4.79 Å². The van der Waals surface area contributed by atoms with E-state index in [0.29, 0.717) is 11.7 Å². The van der Waals surface area contributed by atoms with Crippen molar-refractivity contribution in [3.8, 4) is 0 Å².